The number of thioether (sulfide) groups is 1. The van der Waals surface area contributed by atoms with E-state index < -0.39 is 5.97 Å². The van der Waals surface area contributed by atoms with E-state index in [2.05, 4.69) is 9.59 Å². The minimum absolute atomic E-state index is 0.135. The first kappa shape index (κ1) is 12.1. The highest BCUT2D eigenvalue weighted by Crippen LogP contribution is 2.32. The molecule has 0 aliphatic carbocycles. The van der Waals surface area contributed by atoms with Gasteiger partial charge in [-0.15, -0.1) is 16.9 Å². The molecule has 2 rings (SSSR count). The summed E-state index contributed by atoms with van der Waals surface area (Å²) in [4.78, 5) is 11.4. The summed E-state index contributed by atoms with van der Waals surface area (Å²) in [6, 6.07) is 9.86. The van der Waals surface area contributed by atoms with E-state index in [1.54, 1.807) is 0 Å². The molecule has 1 heterocycles. The SMILES string of the molecule is O=C(O)CCSc1nnsc1-c1ccccc1. The van der Waals surface area contributed by atoms with Crippen LogP contribution in [0.15, 0.2) is 35.4 Å². The number of carbonyl (C=O) groups is 1. The summed E-state index contributed by atoms with van der Waals surface area (Å²) in [7, 11) is 0. The molecule has 1 aromatic carbocycles. The average Bonchev–Trinajstić information content (AvgIpc) is 2.78. The Morgan fingerprint density at radius 3 is 2.82 bits per heavy atom. The first-order valence-corrected chi connectivity index (χ1v) is 6.75. The van der Waals surface area contributed by atoms with Crippen LogP contribution >= 0.6 is 23.3 Å². The molecule has 2 aromatic rings. The number of hydrogen-bond donors (Lipinski definition) is 1. The molecular formula is C11H10N2O2S2. The van der Waals surface area contributed by atoms with Crippen LogP contribution in [-0.2, 0) is 4.79 Å². The number of carboxylic acid groups (broad SMARTS) is 1. The predicted octanol–water partition coefficient (Wildman–Crippen LogP) is 2.77. The van der Waals surface area contributed by atoms with Crippen LogP contribution in [0.4, 0.5) is 0 Å². The minimum Gasteiger partial charge on any atom is -0.481 e. The van der Waals surface area contributed by atoms with Crippen molar-refractivity contribution in [3.63, 3.8) is 0 Å². The van der Waals surface area contributed by atoms with Crippen LogP contribution in [0.2, 0.25) is 0 Å². The molecule has 88 valence electrons. The smallest absolute Gasteiger partial charge is 0.304 e. The number of rotatable bonds is 5. The van der Waals surface area contributed by atoms with E-state index in [4.69, 9.17) is 5.11 Å². The maximum absolute atomic E-state index is 10.4. The van der Waals surface area contributed by atoms with E-state index in [0.29, 0.717) is 5.75 Å². The quantitative estimate of drug-likeness (QED) is 0.843. The van der Waals surface area contributed by atoms with Crippen LogP contribution in [-0.4, -0.2) is 26.4 Å². The highest BCUT2D eigenvalue weighted by atomic mass is 32.2. The molecule has 1 aromatic heterocycles. The van der Waals surface area contributed by atoms with Crippen molar-refractivity contribution < 1.29 is 9.90 Å². The molecule has 0 saturated heterocycles. The molecule has 17 heavy (non-hydrogen) atoms. The summed E-state index contributed by atoms with van der Waals surface area (Å²) in [5.74, 6) is -0.275. The summed E-state index contributed by atoms with van der Waals surface area (Å²) in [6.07, 6.45) is 0.135. The van der Waals surface area contributed by atoms with Gasteiger partial charge in [0.1, 0.15) is 5.03 Å². The van der Waals surface area contributed by atoms with Crippen molar-refractivity contribution in [2.45, 2.75) is 11.4 Å². The number of nitrogens with zero attached hydrogens (tertiary/aromatic N) is 2. The lowest BCUT2D eigenvalue weighted by Crippen LogP contribution is -1.96. The van der Waals surface area contributed by atoms with Crippen molar-refractivity contribution in [2.24, 2.45) is 0 Å². The molecule has 0 bridgehead atoms. The van der Waals surface area contributed by atoms with Gasteiger partial charge in [-0.2, -0.15) is 0 Å². The van der Waals surface area contributed by atoms with Crippen molar-refractivity contribution in [1.29, 1.82) is 0 Å². The van der Waals surface area contributed by atoms with Gasteiger partial charge in [-0.1, -0.05) is 34.8 Å². The maximum atomic E-state index is 10.4. The third-order valence-corrected chi connectivity index (χ3v) is 3.92. The summed E-state index contributed by atoms with van der Waals surface area (Å²) in [5.41, 5.74) is 1.07. The fourth-order valence-electron chi connectivity index (χ4n) is 1.28. The molecule has 6 heteroatoms. The molecule has 4 nitrogen and oxygen atoms in total. The Hall–Kier alpha value is -1.40. The highest BCUT2D eigenvalue weighted by molar-refractivity contribution is 7.99. The number of hydrogen-bond acceptors (Lipinski definition) is 5. The lowest BCUT2D eigenvalue weighted by atomic mass is 10.2. The maximum Gasteiger partial charge on any atom is 0.304 e. The standard InChI is InChI=1S/C11H10N2O2S2/c14-9(15)6-7-16-11-10(17-13-12-11)8-4-2-1-3-5-8/h1-5H,6-7H2,(H,14,15). The summed E-state index contributed by atoms with van der Waals surface area (Å²) >= 11 is 2.76. The molecule has 0 unspecified atom stereocenters. The predicted molar refractivity (Wildman–Crippen MR) is 68.3 cm³/mol. The Kier molecular flexibility index (Phi) is 4.11. The normalized spacial score (nSPS) is 10.4. The van der Waals surface area contributed by atoms with Gasteiger partial charge in [0.25, 0.3) is 0 Å². The first-order valence-electron chi connectivity index (χ1n) is 5.00. The van der Waals surface area contributed by atoms with Crippen molar-refractivity contribution in [1.82, 2.24) is 9.59 Å². The Labute approximate surface area is 107 Å². The van der Waals surface area contributed by atoms with Crippen LogP contribution in [0.5, 0.6) is 0 Å². The fourth-order valence-corrected chi connectivity index (χ4v) is 3.00. The van der Waals surface area contributed by atoms with Gasteiger partial charge in [0.15, 0.2) is 0 Å². The van der Waals surface area contributed by atoms with Gasteiger partial charge in [0, 0.05) is 5.75 Å². The second-order valence-corrected chi connectivity index (χ2v) is 5.10. The molecule has 0 aliphatic heterocycles. The number of benzene rings is 1. The molecule has 0 saturated carbocycles. The summed E-state index contributed by atoms with van der Waals surface area (Å²) in [6.45, 7) is 0. The number of aromatic nitrogens is 2. The van der Waals surface area contributed by atoms with Gasteiger partial charge in [0.2, 0.25) is 0 Å². The van der Waals surface area contributed by atoms with E-state index in [1.807, 2.05) is 30.3 Å². The molecule has 0 atom stereocenters. The van der Waals surface area contributed by atoms with E-state index in [-0.39, 0.29) is 6.42 Å². The topological polar surface area (TPSA) is 63.1 Å². The number of aliphatic carboxylic acids is 1. The molecule has 0 aliphatic rings. The van der Waals surface area contributed by atoms with E-state index in [9.17, 15) is 4.79 Å². The van der Waals surface area contributed by atoms with Crippen LogP contribution in [0.3, 0.4) is 0 Å². The van der Waals surface area contributed by atoms with E-state index >= 15 is 0 Å². The van der Waals surface area contributed by atoms with Crippen molar-refractivity contribution in [2.75, 3.05) is 5.75 Å². The Morgan fingerprint density at radius 1 is 1.35 bits per heavy atom. The summed E-state index contributed by atoms with van der Waals surface area (Å²) in [5, 5.41) is 13.4. The zero-order valence-electron chi connectivity index (χ0n) is 8.87. The van der Waals surface area contributed by atoms with Gasteiger partial charge in [-0.05, 0) is 17.1 Å². The van der Waals surface area contributed by atoms with Gasteiger partial charge in [-0.3, -0.25) is 4.79 Å². The molecule has 1 N–H and O–H groups in total. The second kappa shape index (κ2) is 5.79. The van der Waals surface area contributed by atoms with Gasteiger partial charge in [-0.25, -0.2) is 0 Å². The molecule has 0 amide bonds. The average molecular weight is 266 g/mol. The minimum atomic E-state index is -0.790. The molecule has 0 fully saturated rings. The zero-order chi connectivity index (χ0) is 12.1. The number of carboxylic acids is 1. The van der Waals surface area contributed by atoms with Gasteiger partial charge in [0.05, 0.1) is 11.3 Å². The molecule has 0 spiro atoms. The van der Waals surface area contributed by atoms with Crippen LogP contribution in [0.1, 0.15) is 6.42 Å². The van der Waals surface area contributed by atoms with Gasteiger partial charge >= 0.3 is 5.97 Å². The van der Waals surface area contributed by atoms with Crippen LogP contribution in [0.25, 0.3) is 10.4 Å². The Bertz CT molecular complexity index is 499. The van der Waals surface area contributed by atoms with Gasteiger partial charge < -0.3 is 5.11 Å². The first-order chi connectivity index (χ1) is 8.27. The highest BCUT2D eigenvalue weighted by Gasteiger charge is 2.10. The van der Waals surface area contributed by atoms with Crippen molar-refractivity contribution >= 4 is 29.3 Å². The van der Waals surface area contributed by atoms with E-state index in [1.165, 1.54) is 23.3 Å². The monoisotopic (exact) mass is 266 g/mol. The molecular weight excluding hydrogens is 256 g/mol. The van der Waals surface area contributed by atoms with Crippen LogP contribution in [0, 0.1) is 0 Å². The lowest BCUT2D eigenvalue weighted by Gasteiger charge is -1.99. The Morgan fingerprint density at radius 2 is 2.12 bits per heavy atom. The zero-order valence-corrected chi connectivity index (χ0v) is 10.5. The third-order valence-electron chi connectivity index (χ3n) is 2.05. The lowest BCUT2D eigenvalue weighted by molar-refractivity contribution is -0.136. The van der Waals surface area contributed by atoms with Crippen molar-refractivity contribution in [3.05, 3.63) is 30.3 Å². The fraction of sp³-hybridized carbons (Fsp3) is 0.182. The van der Waals surface area contributed by atoms with Crippen molar-refractivity contribution in [3.8, 4) is 10.4 Å². The van der Waals surface area contributed by atoms with Crippen LogP contribution < -0.4 is 0 Å². The third kappa shape index (κ3) is 3.28. The summed E-state index contributed by atoms with van der Waals surface area (Å²) < 4.78 is 3.92. The molecule has 0 radical (unpaired) electrons. The largest absolute Gasteiger partial charge is 0.481 e. The second-order valence-electron chi connectivity index (χ2n) is 3.27. The van der Waals surface area contributed by atoms with E-state index in [0.717, 1.165) is 15.5 Å². The Balaban J connectivity index is 2.10.